The number of nitrogens with one attached hydrogen (secondary N) is 1. The van der Waals surface area contributed by atoms with Crippen LogP contribution in [0.2, 0.25) is 5.02 Å². The van der Waals surface area contributed by atoms with Crippen LogP contribution in [0, 0.1) is 0 Å². The molecule has 0 heterocycles. The van der Waals surface area contributed by atoms with Gasteiger partial charge in [-0.05, 0) is 38.4 Å². The smallest absolute Gasteiger partial charge is 0.0541 e. The maximum Gasteiger partial charge on any atom is 0.0541 e. The number of hydrogen-bond donors (Lipinski definition) is 1. The molecule has 0 atom stereocenters. The van der Waals surface area contributed by atoms with Crippen molar-refractivity contribution >= 4 is 23.4 Å². The summed E-state index contributed by atoms with van der Waals surface area (Å²) < 4.78 is 5.29. The van der Waals surface area contributed by atoms with E-state index in [0.29, 0.717) is 0 Å². The molecule has 18 heavy (non-hydrogen) atoms. The van der Waals surface area contributed by atoms with Crippen molar-refractivity contribution in [1.82, 2.24) is 5.32 Å². The molecule has 1 rings (SSSR count). The summed E-state index contributed by atoms with van der Waals surface area (Å²) in [5, 5.41) is 4.28. The summed E-state index contributed by atoms with van der Waals surface area (Å²) in [6, 6.07) is 7.98. The Labute approximate surface area is 119 Å². The fraction of sp³-hybridized carbons (Fsp3) is 0.571. The summed E-state index contributed by atoms with van der Waals surface area (Å²) in [7, 11) is 0. The van der Waals surface area contributed by atoms with E-state index in [0.717, 1.165) is 48.4 Å². The highest BCUT2D eigenvalue weighted by molar-refractivity contribution is 7.99. The van der Waals surface area contributed by atoms with Crippen LogP contribution in [0.5, 0.6) is 0 Å². The molecule has 4 heteroatoms. The van der Waals surface area contributed by atoms with Gasteiger partial charge >= 0.3 is 0 Å². The van der Waals surface area contributed by atoms with Gasteiger partial charge in [0.05, 0.1) is 5.02 Å². The van der Waals surface area contributed by atoms with E-state index in [1.165, 1.54) is 6.42 Å². The first kappa shape index (κ1) is 15.8. The van der Waals surface area contributed by atoms with Crippen molar-refractivity contribution in [3.05, 3.63) is 29.3 Å². The van der Waals surface area contributed by atoms with Gasteiger partial charge in [-0.3, -0.25) is 0 Å². The largest absolute Gasteiger partial charge is 0.382 e. The molecule has 0 radical (unpaired) electrons. The third kappa shape index (κ3) is 7.27. The van der Waals surface area contributed by atoms with E-state index in [-0.39, 0.29) is 0 Å². The van der Waals surface area contributed by atoms with Crippen molar-refractivity contribution < 1.29 is 4.74 Å². The molecule has 0 saturated heterocycles. The van der Waals surface area contributed by atoms with E-state index in [2.05, 4.69) is 11.4 Å². The average molecular weight is 288 g/mol. The Bertz CT molecular complexity index is 322. The third-order valence-electron chi connectivity index (χ3n) is 2.47. The number of halogens is 1. The summed E-state index contributed by atoms with van der Waals surface area (Å²) in [4.78, 5) is 1.16. The summed E-state index contributed by atoms with van der Waals surface area (Å²) >= 11 is 7.88. The van der Waals surface area contributed by atoms with Crippen LogP contribution < -0.4 is 5.32 Å². The third-order valence-corrected chi connectivity index (χ3v) is 3.99. The molecule has 0 aliphatic carbocycles. The van der Waals surface area contributed by atoms with Gasteiger partial charge < -0.3 is 10.1 Å². The molecule has 0 amide bonds. The predicted octanol–water partition coefficient (Wildman–Crippen LogP) is 3.84. The van der Waals surface area contributed by atoms with Crippen LogP contribution in [-0.4, -0.2) is 32.1 Å². The summed E-state index contributed by atoms with van der Waals surface area (Å²) in [6.45, 7) is 5.82. The van der Waals surface area contributed by atoms with Crippen LogP contribution in [0.1, 0.15) is 19.8 Å². The fourth-order valence-electron chi connectivity index (χ4n) is 1.52. The quantitative estimate of drug-likeness (QED) is 0.522. The Kier molecular flexibility index (Phi) is 9.40. The Balaban J connectivity index is 1.94. The van der Waals surface area contributed by atoms with Crippen molar-refractivity contribution in [3.63, 3.8) is 0 Å². The molecule has 0 aliphatic heterocycles. The zero-order chi connectivity index (χ0) is 13.1. The van der Waals surface area contributed by atoms with Crippen molar-refractivity contribution in [3.8, 4) is 0 Å². The number of hydrogen-bond acceptors (Lipinski definition) is 3. The monoisotopic (exact) mass is 287 g/mol. The molecular weight excluding hydrogens is 266 g/mol. The van der Waals surface area contributed by atoms with Gasteiger partial charge in [0.2, 0.25) is 0 Å². The summed E-state index contributed by atoms with van der Waals surface area (Å²) in [6.07, 6.45) is 2.31. The van der Waals surface area contributed by atoms with Gasteiger partial charge in [-0.2, -0.15) is 0 Å². The maximum atomic E-state index is 6.08. The highest BCUT2D eigenvalue weighted by Crippen LogP contribution is 2.25. The molecule has 0 unspecified atom stereocenters. The number of benzene rings is 1. The van der Waals surface area contributed by atoms with E-state index in [4.69, 9.17) is 16.3 Å². The Hall–Kier alpha value is -0.220. The van der Waals surface area contributed by atoms with Crippen LogP contribution in [0.4, 0.5) is 0 Å². The lowest BCUT2D eigenvalue weighted by atomic mass is 10.3. The minimum Gasteiger partial charge on any atom is -0.382 e. The molecule has 2 nitrogen and oxygen atoms in total. The lowest BCUT2D eigenvalue weighted by Gasteiger charge is -2.06. The van der Waals surface area contributed by atoms with E-state index in [1.807, 2.05) is 25.1 Å². The Morgan fingerprint density at radius 2 is 2.06 bits per heavy atom. The fourth-order valence-corrected chi connectivity index (χ4v) is 2.66. The van der Waals surface area contributed by atoms with E-state index in [1.54, 1.807) is 11.8 Å². The molecule has 1 aromatic rings. The normalized spacial score (nSPS) is 10.8. The summed E-state index contributed by atoms with van der Waals surface area (Å²) in [5.74, 6) is 1.05. The minimum atomic E-state index is 0.821. The second-order valence-corrected chi connectivity index (χ2v) is 5.48. The van der Waals surface area contributed by atoms with Crippen LogP contribution in [0.25, 0.3) is 0 Å². The molecule has 0 aromatic heterocycles. The molecule has 0 saturated carbocycles. The molecule has 0 aliphatic rings. The van der Waals surface area contributed by atoms with Crippen LogP contribution in [0.15, 0.2) is 29.2 Å². The lowest BCUT2D eigenvalue weighted by Crippen LogP contribution is -2.18. The van der Waals surface area contributed by atoms with E-state index < -0.39 is 0 Å². The van der Waals surface area contributed by atoms with Gasteiger partial charge in [0.1, 0.15) is 0 Å². The molecule has 102 valence electrons. The zero-order valence-electron chi connectivity index (χ0n) is 11.0. The second-order valence-electron chi connectivity index (χ2n) is 3.93. The molecule has 0 spiro atoms. The molecule has 0 fully saturated rings. The number of thioether (sulfide) groups is 1. The number of unbranched alkanes of at least 4 members (excludes halogenated alkanes) is 1. The van der Waals surface area contributed by atoms with E-state index in [9.17, 15) is 0 Å². The lowest BCUT2D eigenvalue weighted by molar-refractivity contribution is 0.143. The standard InChI is InChI=1S/C14H22ClNOS/c1-2-17-11-6-5-9-16-10-12-18-14-8-4-3-7-13(14)15/h3-4,7-8,16H,2,5-6,9-12H2,1H3. The van der Waals surface area contributed by atoms with Gasteiger partial charge in [0, 0.05) is 30.4 Å². The molecule has 1 aromatic carbocycles. The second kappa shape index (κ2) is 10.7. The van der Waals surface area contributed by atoms with Crippen molar-refractivity contribution in [2.75, 3.05) is 32.1 Å². The average Bonchev–Trinajstić information content (AvgIpc) is 2.39. The maximum absolute atomic E-state index is 6.08. The van der Waals surface area contributed by atoms with Gasteiger partial charge in [-0.25, -0.2) is 0 Å². The SMILES string of the molecule is CCOCCCCNCCSc1ccccc1Cl. The first-order chi connectivity index (χ1) is 8.84. The van der Waals surface area contributed by atoms with Gasteiger partial charge in [0.15, 0.2) is 0 Å². The zero-order valence-corrected chi connectivity index (χ0v) is 12.5. The topological polar surface area (TPSA) is 21.3 Å². The van der Waals surface area contributed by atoms with Crippen molar-refractivity contribution in [2.45, 2.75) is 24.7 Å². The van der Waals surface area contributed by atoms with Crippen LogP contribution in [0.3, 0.4) is 0 Å². The number of ether oxygens (including phenoxy) is 1. The Morgan fingerprint density at radius 3 is 2.83 bits per heavy atom. The predicted molar refractivity (Wildman–Crippen MR) is 80.8 cm³/mol. The van der Waals surface area contributed by atoms with Gasteiger partial charge in [0.25, 0.3) is 0 Å². The molecule has 0 bridgehead atoms. The molecular formula is C14H22ClNOS. The Morgan fingerprint density at radius 1 is 1.22 bits per heavy atom. The van der Waals surface area contributed by atoms with Gasteiger partial charge in [-0.15, -0.1) is 11.8 Å². The van der Waals surface area contributed by atoms with Crippen molar-refractivity contribution in [2.24, 2.45) is 0 Å². The highest BCUT2D eigenvalue weighted by atomic mass is 35.5. The first-order valence-electron chi connectivity index (χ1n) is 6.50. The minimum absolute atomic E-state index is 0.821. The first-order valence-corrected chi connectivity index (χ1v) is 7.86. The number of rotatable bonds is 10. The van der Waals surface area contributed by atoms with Crippen molar-refractivity contribution in [1.29, 1.82) is 0 Å². The van der Waals surface area contributed by atoms with Crippen LogP contribution >= 0.6 is 23.4 Å². The summed E-state index contributed by atoms with van der Waals surface area (Å²) in [5.41, 5.74) is 0. The van der Waals surface area contributed by atoms with Crippen LogP contribution in [-0.2, 0) is 4.74 Å². The molecule has 1 N–H and O–H groups in total. The van der Waals surface area contributed by atoms with E-state index >= 15 is 0 Å². The van der Waals surface area contributed by atoms with Gasteiger partial charge in [-0.1, -0.05) is 23.7 Å². The highest BCUT2D eigenvalue weighted by Gasteiger charge is 1.98.